The quantitative estimate of drug-likeness (QED) is 0.607. The molecule has 1 aliphatic rings. The normalized spacial score (nSPS) is 23.2. The highest BCUT2D eigenvalue weighted by atomic mass is 14.5. The Labute approximate surface area is 81.0 Å². The lowest BCUT2D eigenvalue weighted by atomic mass is 9.88. The Kier molecular flexibility index (Phi) is 1.94. The SMILES string of the molecule is CC(C)(C)C1C[C]1c1ccccc1. The van der Waals surface area contributed by atoms with Crippen molar-refractivity contribution < 1.29 is 0 Å². The molecule has 1 aromatic carbocycles. The summed E-state index contributed by atoms with van der Waals surface area (Å²) >= 11 is 0. The van der Waals surface area contributed by atoms with Gasteiger partial charge in [-0.25, -0.2) is 0 Å². The minimum absolute atomic E-state index is 0.450. The molecule has 0 N–H and O–H groups in total. The van der Waals surface area contributed by atoms with E-state index in [1.807, 2.05) is 0 Å². The maximum Gasteiger partial charge on any atom is 0.00894 e. The second-order valence-corrected chi connectivity index (χ2v) is 5.01. The Morgan fingerprint density at radius 2 is 1.69 bits per heavy atom. The maximum absolute atomic E-state index is 2.33. The zero-order valence-corrected chi connectivity index (χ0v) is 8.67. The fraction of sp³-hybridized carbons (Fsp3) is 0.462. The van der Waals surface area contributed by atoms with Crippen molar-refractivity contribution in [3.05, 3.63) is 41.8 Å². The van der Waals surface area contributed by atoms with Gasteiger partial charge in [0, 0.05) is 5.92 Å². The van der Waals surface area contributed by atoms with Crippen LogP contribution in [0, 0.1) is 17.3 Å². The summed E-state index contributed by atoms with van der Waals surface area (Å²) in [7, 11) is 0. The van der Waals surface area contributed by atoms with Crippen molar-refractivity contribution in [2.45, 2.75) is 27.2 Å². The molecule has 0 heteroatoms. The lowest BCUT2D eigenvalue weighted by molar-refractivity contribution is 0.357. The molecular weight excluding hydrogens is 156 g/mol. The van der Waals surface area contributed by atoms with Gasteiger partial charge in [-0.2, -0.15) is 0 Å². The number of hydrogen-bond acceptors (Lipinski definition) is 0. The average molecular weight is 173 g/mol. The van der Waals surface area contributed by atoms with Gasteiger partial charge in [0.05, 0.1) is 0 Å². The summed E-state index contributed by atoms with van der Waals surface area (Å²) in [5.74, 6) is 2.46. The first-order valence-electron chi connectivity index (χ1n) is 5.00. The molecule has 1 radical (unpaired) electrons. The largest absolute Gasteiger partial charge is 0.0622 e. The van der Waals surface area contributed by atoms with Crippen LogP contribution in [-0.2, 0) is 0 Å². The molecule has 1 atom stereocenters. The second kappa shape index (κ2) is 2.87. The van der Waals surface area contributed by atoms with Gasteiger partial charge in [-0.1, -0.05) is 51.1 Å². The summed E-state index contributed by atoms with van der Waals surface area (Å²) in [6.07, 6.45) is 1.30. The summed E-state index contributed by atoms with van der Waals surface area (Å²) < 4.78 is 0. The van der Waals surface area contributed by atoms with Gasteiger partial charge < -0.3 is 0 Å². The van der Waals surface area contributed by atoms with Crippen LogP contribution >= 0.6 is 0 Å². The van der Waals surface area contributed by atoms with Crippen molar-refractivity contribution in [1.29, 1.82) is 0 Å². The summed E-state index contributed by atoms with van der Waals surface area (Å²) in [6, 6.07) is 10.8. The molecule has 1 unspecified atom stereocenters. The van der Waals surface area contributed by atoms with Crippen molar-refractivity contribution in [2.75, 3.05) is 0 Å². The lowest BCUT2D eigenvalue weighted by Crippen LogP contribution is -2.09. The molecular formula is C13H17. The Balaban J connectivity index is 2.09. The highest BCUT2D eigenvalue weighted by Crippen LogP contribution is 2.55. The third kappa shape index (κ3) is 1.77. The van der Waals surface area contributed by atoms with Crippen LogP contribution in [0.3, 0.4) is 0 Å². The molecule has 0 heterocycles. The van der Waals surface area contributed by atoms with Crippen molar-refractivity contribution in [2.24, 2.45) is 11.3 Å². The van der Waals surface area contributed by atoms with E-state index in [1.54, 1.807) is 5.92 Å². The van der Waals surface area contributed by atoms with E-state index in [-0.39, 0.29) is 0 Å². The molecule has 13 heavy (non-hydrogen) atoms. The lowest BCUT2D eigenvalue weighted by Gasteiger charge is -2.17. The Bertz CT molecular complexity index is 279. The molecule has 0 saturated heterocycles. The van der Waals surface area contributed by atoms with Gasteiger partial charge in [0.2, 0.25) is 0 Å². The van der Waals surface area contributed by atoms with E-state index in [0.29, 0.717) is 5.41 Å². The molecule has 0 bridgehead atoms. The van der Waals surface area contributed by atoms with Crippen LogP contribution in [0.5, 0.6) is 0 Å². The van der Waals surface area contributed by atoms with Crippen LogP contribution in [0.25, 0.3) is 0 Å². The molecule has 0 nitrogen and oxygen atoms in total. The van der Waals surface area contributed by atoms with E-state index in [0.717, 1.165) is 5.92 Å². The highest BCUT2D eigenvalue weighted by molar-refractivity contribution is 5.41. The monoisotopic (exact) mass is 173 g/mol. The van der Waals surface area contributed by atoms with E-state index >= 15 is 0 Å². The molecule has 0 aromatic heterocycles. The third-order valence-electron chi connectivity index (χ3n) is 2.87. The van der Waals surface area contributed by atoms with E-state index in [4.69, 9.17) is 0 Å². The summed E-state index contributed by atoms with van der Waals surface area (Å²) in [5, 5.41) is 0. The van der Waals surface area contributed by atoms with Crippen molar-refractivity contribution in [1.82, 2.24) is 0 Å². The molecule has 0 aliphatic heterocycles. The molecule has 69 valence electrons. The fourth-order valence-electron chi connectivity index (χ4n) is 1.96. The van der Waals surface area contributed by atoms with Gasteiger partial charge in [0.25, 0.3) is 0 Å². The summed E-state index contributed by atoms with van der Waals surface area (Å²) in [4.78, 5) is 0. The number of rotatable bonds is 1. The molecule has 2 rings (SSSR count). The first kappa shape index (κ1) is 8.80. The number of benzene rings is 1. The van der Waals surface area contributed by atoms with Crippen LogP contribution in [0.4, 0.5) is 0 Å². The van der Waals surface area contributed by atoms with Crippen LogP contribution in [0.1, 0.15) is 32.8 Å². The predicted octanol–water partition coefficient (Wildman–Crippen LogP) is 3.68. The van der Waals surface area contributed by atoms with E-state index in [2.05, 4.69) is 51.1 Å². The van der Waals surface area contributed by atoms with E-state index in [9.17, 15) is 0 Å². The first-order chi connectivity index (χ1) is 6.09. The van der Waals surface area contributed by atoms with Gasteiger partial charge >= 0.3 is 0 Å². The van der Waals surface area contributed by atoms with Crippen LogP contribution in [0.2, 0.25) is 0 Å². The molecule has 1 aliphatic carbocycles. The van der Waals surface area contributed by atoms with Gasteiger partial charge in [-0.05, 0) is 23.3 Å². The average Bonchev–Trinajstić information content (AvgIpc) is 2.83. The summed E-state index contributed by atoms with van der Waals surface area (Å²) in [5.41, 5.74) is 1.90. The van der Waals surface area contributed by atoms with Crippen LogP contribution in [0.15, 0.2) is 30.3 Å². The minimum atomic E-state index is 0.450. The smallest absolute Gasteiger partial charge is 0.00894 e. The molecule has 1 aromatic rings. The standard InChI is InChI=1S/C13H17/c1-13(2,3)12-9-11(12)10-7-5-4-6-8-10/h4-8,12H,9H2,1-3H3. The zero-order chi connectivity index (χ0) is 9.47. The molecule has 0 spiro atoms. The number of hydrogen-bond donors (Lipinski definition) is 0. The minimum Gasteiger partial charge on any atom is -0.0622 e. The highest BCUT2D eigenvalue weighted by Gasteiger charge is 2.46. The van der Waals surface area contributed by atoms with Gasteiger partial charge in [0.1, 0.15) is 0 Å². The topological polar surface area (TPSA) is 0 Å². The van der Waals surface area contributed by atoms with Crippen molar-refractivity contribution in [3.8, 4) is 0 Å². The fourth-order valence-corrected chi connectivity index (χ4v) is 1.96. The zero-order valence-electron chi connectivity index (χ0n) is 8.67. The Morgan fingerprint density at radius 1 is 1.08 bits per heavy atom. The maximum atomic E-state index is 2.33. The van der Waals surface area contributed by atoms with Crippen LogP contribution in [-0.4, -0.2) is 0 Å². The summed E-state index contributed by atoms with van der Waals surface area (Å²) in [6.45, 7) is 6.98. The van der Waals surface area contributed by atoms with Crippen molar-refractivity contribution >= 4 is 0 Å². The van der Waals surface area contributed by atoms with E-state index in [1.165, 1.54) is 12.0 Å². The second-order valence-electron chi connectivity index (χ2n) is 5.01. The third-order valence-corrected chi connectivity index (χ3v) is 2.87. The first-order valence-corrected chi connectivity index (χ1v) is 5.00. The van der Waals surface area contributed by atoms with Crippen LogP contribution < -0.4 is 0 Å². The van der Waals surface area contributed by atoms with E-state index < -0.39 is 0 Å². The Morgan fingerprint density at radius 3 is 2.15 bits per heavy atom. The molecule has 1 saturated carbocycles. The molecule has 1 fully saturated rings. The van der Waals surface area contributed by atoms with Crippen molar-refractivity contribution in [3.63, 3.8) is 0 Å². The predicted molar refractivity (Wildman–Crippen MR) is 56.3 cm³/mol. The molecule has 0 amide bonds. The van der Waals surface area contributed by atoms with Gasteiger partial charge in [-0.15, -0.1) is 0 Å². The van der Waals surface area contributed by atoms with Gasteiger partial charge in [-0.3, -0.25) is 0 Å². The Hall–Kier alpha value is -0.780. The van der Waals surface area contributed by atoms with Gasteiger partial charge in [0.15, 0.2) is 0 Å².